The van der Waals surface area contributed by atoms with E-state index < -0.39 is 5.97 Å². The third-order valence-corrected chi connectivity index (χ3v) is 3.86. The molecule has 1 atom stereocenters. The Balaban J connectivity index is 2.12. The van der Waals surface area contributed by atoms with Gasteiger partial charge in [0.1, 0.15) is 0 Å². The molecule has 104 valence electrons. The number of hydrogen-bond donors (Lipinski definition) is 2. The van der Waals surface area contributed by atoms with E-state index in [1.165, 1.54) is 6.07 Å². The zero-order chi connectivity index (χ0) is 14.7. The van der Waals surface area contributed by atoms with Crippen molar-refractivity contribution in [2.45, 2.75) is 19.8 Å². The standard InChI is InChI=1S/C15H15NO3S/c1-9-7-12(3-4-13(9)15(18)19)16-14(17)10(2)11-5-6-20-8-11/h3-8,10H,1-2H3,(H,16,17)(H,18,19)/t10-/m0/s1. The number of anilines is 1. The Morgan fingerprint density at radius 1 is 1.30 bits per heavy atom. The van der Waals surface area contributed by atoms with Crippen molar-refractivity contribution in [1.29, 1.82) is 0 Å². The Labute approximate surface area is 121 Å². The summed E-state index contributed by atoms with van der Waals surface area (Å²) in [5.41, 5.74) is 2.46. The second kappa shape index (κ2) is 5.88. The molecule has 1 heterocycles. The normalized spacial score (nSPS) is 11.9. The van der Waals surface area contributed by atoms with Gasteiger partial charge in [0.05, 0.1) is 11.5 Å². The number of aromatic carboxylic acids is 1. The molecule has 0 fully saturated rings. The van der Waals surface area contributed by atoms with E-state index in [9.17, 15) is 9.59 Å². The summed E-state index contributed by atoms with van der Waals surface area (Å²) in [6, 6.07) is 6.70. The van der Waals surface area contributed by atoms with Crippen molar-refractivity contribution in [3.63, 3.8) is 0 Å². The van der Waals surface area contributed by atoms with Crippen molar-refractivity contribution in [2.75, 3.05) is 5.32 Å². The Morgan fingerprint density at radius 3 is 2.60 bits per heavy atom. The molecular weight excluding hydrogens is 274 g/mol. The SMILES string of the molecule is Cc1cc(NC(=O)[C@@H](C)c2ccsc2)ccc1C(=O)O. The summed E-state index contributed by atoms with van der Waals surface area (Å²) >= 11 is 1.55. The van der Waals surface area contributed by atoms with Crippen molar-refractivity contribution in [3.05, 3.63) is 51.7 Å². The van der Waals surface area contributed by atoms with Crippen LogP contribution in [0.1, 0.15) is 34.3 Å². The molecule has 2 rings (SSSR count). The second-order valence-electron chi connectivity index (χ2n) is 4.60. The summed E-state index contributed by atoms with van der Waals surface area (Å²) < 4.78 is 0. The maximum Gasteiger partial charge on any atom is 0.335 e. The van der Waals surface area contributed by atoms with Gasteiger partial charge in [-0.3, -0.25) is 4.79 Å². The van der Waals surface area contributed by atoms with Crippen LogP contribution in [0.3, 0.4) is 0 Å². The fourth-order valence-corrected chi connectivity index (χ4v) is 2.66. The molecule has 1 aromatic carbocycles. The van der Waals surface area contributed by atoms with Gasteiger partial charge < -0.3 is 10.4 Å². The predicted octanol–water partition coefficient (Wildman–Crippen LogP) is 3.50. The number of aryl methyl sites for hydroxylation is 1. The highest BCUT2D eigenvalue weighted by Crippen LogP contribution is 2.21. The third kappa shape index (κ3) is 3.05. The number of nitrogens with one attached hydrogen (secondary N) is 1. The average molecular weight is 289 g/mol. The molecule has 0 bridgehead atoms. The van der Waals surface area contributed by atoms with Crippen LogP contribution in [-0.2, 0) is 4.79 Å². The molecule has 2 aromatic rings. The van der Waals surface area contributed by atoms with E-state index in [0.717, 1.165) is 5.56 Å². The summed E-state index contributed by atoms with van der Waals surface area (Å²) in [5, 5.41) is 15.7. The van der Waals surface area contributed by atoms with Crippen LogP contribution in [-0.4, -0.2) is 17.0 Å². The van der Waals surface area contributed by atoms with Crippen molar-refractivity contribution >= 4 is 28.9 Å². The first-order valence-corrected chi connectivity index (χ1v) is 7.10. The number of carboxylic acid groups (broad SMARTS) is 1. The molecule has 1 amide bonds. The molecule has 5 heteroatoms. The van der Waals surface area contributed by atoms with E-state index in [4.69, 9.17) is 5.11 Å². The van der Waals surface area contributed by atoms with Crippen molar-refractivity contribution < 1.29 is 14.7 Å². The van der Waals surface area contributed by atoms with Crippen LogP contribution in [0.15, 0.2) is 35.0 Å². The van der Waals surface area contributed by atoms with E-state index in [0.29, 0.717) is 11.3 Å². The molecule has 0 saturated carbocycles. The minimum absolute atomic E-state index is 0.106. The van der Waals surface area contributed by atoms with Gasteiger partial charge in [0.25, 0.3) is 0 Å². The topological polar surface area (TPSA) is 66.4 Å². The Bertz CT molecular complexity index is 635. The minimum Gasteiger partial charge on any atom is -0.478 e. The highest BCUT2D eigenvalue weighted by molar-refractivity contribution is 7.08. The van der Waals surface area contributed by atoms with Crippen LogP contribution in [0.5, 0.6) is 0 Å². The van der Waals surface area contributed by atoms with Crippen LogP contribution in [0, 0.1) is 6.92 Å². The van der Waals surface area contributed by atoms with Crippen molar-refractivity contribution in [2.24, 2.45) is 0 Å². The highest BCUT2D eigenvalue weighted by Gasteiger charge is 2.16. The first kappa shape index (κ1) is 14.3. The summed E-state index contributed by atoms with van der Waals surface area (Å²) in [4.78, 5) is 23.1. The maximum atomic E-state index is 12.1. The van der Waals surface area contributed by atoms with Gasteiger partial charge in [-0.2, -0.15) is 11.3 Å². The number of hydrogen-bond acceptors (Lipinski definition) is 3. The van der Waals surface area contributed by atoms with E-state index in [1.54, 1.807) is 30.4 Å². The second-order valence-corrected chi connectivity index (χ2v) is 5.38. The van der Waals surface area contributed by atoms with Crippen molar-refractivity contribution in [3.8, 4) is 0 Å². The fraction of sp³-hybridized carbons (Fsp3) is 0.200. The maximum absolute atomic E-state index is 12.1. The van der Waals surface area contributed by atoms with Gasteiger partial charge in [-0.25, -0.2) is 4.79 Å². The summed E-state index contributed by atoms with van der Waals surface area (Å²) in [7, 11) is 0. The summed E-state index contributed by atoms with van der Waals surface area (Å²) in [6.45, 7) is 3.55. The van der Waals surface area contributed by atoms with Crippen LogP contribution < -0.4 is 5.32 Å². The number of amides is 1. The molecule has 20 heavy (non-hydrogen) atoms. The number of carboxylic acids is 1. The van der Waals surface area contributed by atoms with Crippen LogP contribution in [0.2, 0.25) is 0 Å². The van der Waals surface area contributed by atoms with E-state index in [-0.39, 0.29) is 17.4 Å². The molecule has 2 N–H and O–H groups in total. The monoisotopic (exact) mass is 289 g/mol. The molecule has 0 unspecified atom stereocenters. The predicted molar refractivity (Wildman–Crippen MR) is 79.5 cm³/mol. The van der Waals surface area contributed by atoms with Gasteiger partial charge in [0.15, 0.2) is 0 Å². The number of rotatable bonds is 4. The van der Waals surface area contributed by atoms with Gasteiger partial charge in [-0.15, -0.1) is 0 Å². The molecular formula is C15H15NO3S. The van der Waals surface area contributed by atoms with Gasteiger partial charge >= 0.3 is 5.97 Å². The van der Waals surface area contributed by atoms with Crippen LogP contribution in [0.4, 0.5) is 5.69 Å². The Morgan fingerprint density at radius 2 is 2.05 bits per heavy atom. The number of thiophene rings is 1. The number of benzene rings is 1. The fourth-order valence-electron chi connectivity index (χ4n) is 1.90. The lowest BCUT2D eigenvalue weighted by Crippen LogP contribution is -2.18. The largest absolute Gasteiger partial charge is 0.478 e. The van der Waals surface area contributed by atoms with E-state index >= 15 is 0 Å². The lowest BCUT2D eigenvalue weighted by atomic mass is 10.0. The molecule has 0 radical (unpaired) electrons. The lowest BCUT2D eigenvalue weighted by molar-refractivity contribution is -0.117. The van der Waals surface area contributed by atoms with Gasteiger partial charge in [-0.1, -0.05) is 0 Å². The minimum atomic E-state index is -0.966. The summed E-state index contributed by atoms with van der Waals surface area (Å²) in [5.74, 6) is -1.31. The zero-order valence-corrected chi connectivity index (χ0v) is 12.0. The molecule has 0 aliphatic carbocycles. The third-order valence-electron chi connectivity index (χ3n) is 3.16. The number of carbonyl (C=O) groups excluding carboxylic acids is 1. The zero-order valence-electron chi connectivity index (χ0n) is 11.2. The molecule has 1 aromatic heterocycles. The highest BCUT2D eigenvalue weighted by atomic mass is 32.1. The molecule has 4 nitrogen and oxygen atoms in total. The van der Waals surface area contributed by atoms with Gasteiger partial charge in [-0.05, 0) is 60.0 Å². The molecule has 0 spiro atoms. The smallest absolute Gasteiger partial charge is 0.335 e. The first-order valence-electron chi connectivity index (χ1n) is 6.16. The van der Waals surface area contributed by atoms with Crippen molar-refractivity contribution in [1.82, 2.24) is 0 Å². The Kier molecular flexibility index (Phi) is 4.20. The quantitative estimate of drug-likeness (QED) is 0.905. The molecule has 0 aliphatic heterocycles. The lowest BCUT2D eigenvalue weighted by Gasteiger charge is -2.12. The molecule has 0 saturated heterocycles. The van der Waals surface area contributed by atoms with Crippen LogP contribution >= 0.6 is 11.3 Å². The average Bonchev–Trinajstić information content (AvgIpc) is 2.91. The van der Waals surface area contributed by atoms with Crippen LogP contribution in [0.25, 0.3) is 0 Å². The van der Waals surface area contributed by atoms with Gasteiger partial charge in [0, 0.05) is 5.69 Å². The summed E-state index contributed by atoms with van der Waals surface area (Å²) in [6.07, 6.45) is 0. The van der Waals surface area contributed by atoms with Gasteiger partial charge in [0.2, 0.25) is 5.91 Å². The first-order chi connectivity index (χ1) is 9.49. The Hall–Kier alpha value is -2.14. The van der Waals surface area contributed by atoms with E-state index in [1.807, 2.05) is 23.8 Å². The number of carbonyl (C=O) groups is 2. The van der Waals surface area contributed by atoms with E-state index in [2.05, 4.69) is 5.32 Å². The molecule has 0 aliphatic rings.